The largest absolute Gasteiger partial charge is 0.465 e. The second kappa shape index (κ2) is 3.94. The third-order valence-corrected chi connectivity index (χ3v) is 2.19. The van der Waals surface area contributed by atoms with E-state index in [1.807, 2.05) is 0 Å². The van der Waals surface area contributed by atoms with Crippen molar-refractivity contribution < 1.29 is 31.5 Å². The van der Waals surface area contributed by atoms with Crippen LogP contribution in [-0.2, 0) is 9.53 Å². The molecule has 88 valence electrons. The van der Waals surface area contributed by atoms with E-state index >= 15 is 0 Å². The predicted octanol–water partition coefficient (Wildman–Crippen LogP) is 2.53. The molecule has 1 rings (SSSR count). The zero-order valence-corrected chi connectivity index (χ0v) is 7.61. The molecule has 1 aliphatic heterocycles. The molecule has 0 bridgehead atoms. The topological polar surface area (TPSA) is 26.3 Å². The van der Waals surface area contributed by atoms with Crippen LogP contribution in [0.4, 0.5) is 22.0 Å². The number of ether oxygens (including phenoxy) is 1. The van der Waals surface area contributed by atoms with E-state index in [2.05, 4.69) is 4.74 Å². The highest BCUT2D eigenvalue weighted by Crippen LogP contribution is 2.41. The Labute approximate surface area is 82.4 Å². The van der Waals surface area contributed by atoms with Gasteiger partial charge in [0.15, 0.2) is 0 Å². The first-order valence-electron chi connectivity index (χ1n) is 4.35. The molecule has 0 aromatic heterocycles. The third kappa shape index (κ3) is 2.79. The lowest BCUT2D eigenvalue weighted by molar-refractivity contribution is -0.288. The van der Waals surface area contributed by atoms with Crippen molar-refractivity contribution in [1.29, 1.82) is 0 Å². The summed E-state index contributed by atoms with van der Waals surface area (Å²) < 4.78 is 65.0. The molecule has 0 aliphatic carbocycles. The molecule has 1 unspecified atom stereocenters. The van der Waals surface area contributed by atoms with Gasteiger partial charge in [-0.3, -0.25) is 4.79 Å². The monoisotopic (exact) mass is 232 g/mol. The van der Waals surface area contributed by atoms with Gasteiger partial charge in [-0.25, -0.2) is 0 Å². The number of alkyl halides is 5. The van der Waals surface area contributed by atoms with Gasteiger partial charge < -0.3 is 4.74 Å². The molecule has 1 heterocycles. The maximum Gasteiger partial charge on any atom is 0.453 e. The smallest absolute Gasteiger partial charge is 0.453 e. The van der Waals surface area contributed by atoms with Gasteiger partial charge in [0.25, 0.3) is 0 Å². The molecule has 1 saturated heterocycles. The normalized spacial score (nSPS) is 23.8. The van der Waals surface area contributed by atoms with Crippen molar-refractivity contribution in [2.45, 2.75) is 31.4 Å². The maximum atomic E-state index is 12.6. The fraction of sp³-hybridized carbons (Fsp3) is 0.875. The van der Waals surface area contributed by atoms with Crippen LogP contribution in [0.1, 0.15) is 19.3 Å². The van der Waals surface area contributed by atoms with Gasteiger partial charge in [0.2, 0.25) is 0 Å². The standard InChI is InChI=1S/C8H9F5O2/c9-7(10,8(11,12)13)4-5-2-1-3-15-6(5)14/h5H,1-4H2. The van der Waals surface area contributed by atoms with E-state index < -0.39 is 30.4 Å². The van der Waals surface area contributed by atoms with Crippen LogP contribution in [0.25, 0.3) is 0 Å². The molecule has 0 N–H and O–H groups in total. The SMILES string of the molecule is O=C1OCCCC1CC(F)(F)C(F)(F)F. The van der Waals surface area contributed by atoms with Gasteiger partial charge in [0, 0.05) is 6.42 Å². The van der Waals surface area contributed by atoms with Crippen LogP contribution in [0.2, 0.25) is 0 Å². The summed E-state index contributed by atoms with van der Waals surface area (Å²) in [6.45, 7) is 0.0902. The average molecular weight is 232 g/mol. The molecule has 15 heavy (non-hydrogen) atoms. The van der Waals surface area contributed by atoms with Crippen LogP contribution in [-0.4, -0.2) is 24.7 Å². The number of rotatable bonds is 2. The minimum atomic E-state index is -5.61. The highest BCUT2D eigenvalue weighted by atomic mass is 19.4. The summed E-state index contributed by atoms with van der Waals surface area (Å²) >= 11 is 0. The third-order valence-electron chi connectivity index (χ3n) is 2.19. The summed E-state index contributed by atoms with van der Waals surface area (Å²) in [6, 6.07) is 0. The lowest BCUT2D eigenvalue weighted by Crippen LogP contribution is -2.40. The first kappa shape index (κ1) is 12.2. The summed E-state index contributed by atoms with van der Waals surface area (Å²) in [4.78, 5) is 10.9. The van der Waals surface area contributed by atoms with Crippen LogP contribution >= 0.6 is 0 Å². The van der Waals surface area contributed by atoms with E-state index in [9.17, 15) is 26.7 Å². The Bertz CT molecular complexity index is 248. The van der Waals surface area contributed by atoms with Gasteiger partial charge >= 0.3 is 18.1 Å². The number of halogens is 5. The van der Waals surface area contributed by atoms with Crippen molar-refractivity contribution >= 4 is 5.97 Å². The molecule has 0 spiro atoms. The molecule has 0 aromatic carbocycles. The number of hydrogen-bond donors (Lipinski definition) is 0. The first-order chi connectivity index (χ1) is 6.74. The zero-order valence-electron chi connectivity index (χ0n) is 7.61. The summed E-state index contributed by atoms with van der Waals surface area (Å²) in [5, 5.41) is 0. The fourth-order valence-corrected chi connectivity index (χ4v) is 1.35. The zero-order chi connectivity index (χ0) is 11.7. The van der Waals surface area contributed by atoms with Crippen molar-refractivity contribution in [3.63, 3.8) is 0 Å². The van der Waals surface area contributed by atoms with E-state index in [1.165, 1.54) is 0 Å². The summed E-state index contributed by atoms with van der Waals surface area (Å²) in [5.74, 6) is -7.14. The highest BCUT2D eigenvalue weighted by molar-refractivity contribution is 5.73. The van der Waals surface area contributed by atoms with E-state index in [-0.39, 0.29) is 13.0 Å². The average Bonchev–Trinajstić information content (AvgIpc) is 2.06. The van der Waals surface area contributed by atoms with Crippen molar-refractivity contribution in [2.24, 2.45) is 5.92 Å². The van der Waals surface area contributed by atoms with E-state index in [0.29, 0.717) is 6.42 Å². The summed E-state index contributed by atoms with van der Waals surface area (Å²) in [6.07, 6.45) is -6.78. The van der Waals surface area contributed by atoms with Crippen LogP contribution in [0.5, 0.6) is 0 Å². The quantitative estimate of drug-likeness (QED) is 0.540. The Morgan fingerprint density at radius 2 is 1.87 bits per heavy atom. The van der Waals surface area contributed by atoms with Crippen molar-refractivity contribution in [3.8, 4) is 0 Å². The van der Waals surface area contributed by atoms with Crippen molar-refractivity contribution in [2.75, 3.05) is 6.61 Å². The van der Waals surface area contributed by atoms with Crippen LogP contribution in [0, 0.1) is 5.92 Å². The Kier molecular flexibility index (Phi) is 3.20. The maximum absolute atomic E-state index is 12.6. The second-order valence-corrected chi connectivity index (χ2v) is 3.41. The fourth-order valence-electron chi connectivity index (χ4n) is 1.35. The Hall–Kier alpha value is -0.880. The molecule has 7 heteroatoms. The molecule has 1 aliphatic rings. The lowest BCUT2D eigenvalue weighted by Gasteiger charge is -2.26. The van der Waals surface area contributed by atoms with Crippen LogP contribution in [0.15, 0.2) is 0 Å². The summed E-state index contributed by atoms with van der Waals surface area (Å²) in [5.41, 5.74) is 0. The molecule has 2 nitrogen and oxygen atoms in total. The molecule has 1 fully saturated rings. The van der Waals surface area contributed by atoms with Gasteiger partial charge in [-0.2, -0.15) is 22.0 Å². The Morgan fingerprint density at radius 3 is 2.33 bits per heavy atom. The molecule has 0 aromatic rings. The molecular formula is C8H9F5O2. The molecule has 1 atom stereocenters. The number of carbonyl (C=O) groups excluding carboxylic acids is 1. The predicted molar refractivity (Wildman–Crippen MR) is 39.3 cm³/mol. The minimum Gasteiger partial charge on any atom is -0.465 e. The number of esters is 1. The minimum absolute atomic E-state index is 0.0184. The number of cyclic esters (lactones) is 1. The van der Waals surface area contributed by atoms with Gasteiger partial charge in [-0.1, -0.05) is 0 Å². The lowest BCUT2D eigenvalue weighted by atomic mass is 9.94. The molecule has 0 saturated carbocycles. The molecule has 0 amide bonds. The molecular weight excluding hydrogens is 223 g/mol. The van der Waals surface area contributed by atoms with Gasteiger partial charge in [0.05, 0.1) is 12.5 Å². The number of carbonyl (C=O) groups is 1. The van der Waals surface area contributed by atoms with Gasteiger partial charge in [-0.05, 0) is 12.8 Å². The Morgan fingerprint density at radius 1 is 1.27 bits per heavy atom. The van der Waals surface area contributed by atoms with Crippen LogP contribution < -0.4 is 0 Å². The second-order valence-electron chi connectivity index (χ2n) is 3.41. The van der Waals surface area contributed by atoms with Gasteiger partial charge in [-0.15, -0.1) is 0 Å². The Balaban J connectivity index is 2.63. The van der Waals surface area contributed by atoms with Gasteiger partial charge in [0.1, 0.15) is 0 Å². The van der Waals surface area contributed by atoms with E-state index in [4.69, 9.17) is 0 Å². The van der Waals surface area contributed by atoms with Crippen molar-refractivity contribution in [3.05, 3.63) is 0 Å². The number of hydrogen-bond acceptors (Lipinski definition) is 2. The molecule has 0 radical (unpaired) electrons. The highest BCUT2D eigenvalue weighted by Gasteiger charge is 2.58. The van der Waals surface area contributed by atoms with E-state index in [1.54, 1.807) is 0 Å². The summed E-state index contributed by atoms with van der Waals surface area (Å²) in [7, 11) is 0. The van der Waals surface area contributed by atoms with Crippen LogP contribution in [0.3, 0.4) is 0 Å². The van der Waals surface area contributed by atoms with Crippen molar-refractivity contribution in [1.82, 2.24) is 0 Å². The van der Waals surface area contributed by atoms with E-state index in [0.717, 1.165) is 0 Å². The first-order valence-corrected chi connectivity index (χ1v) is 4.35.